The van der Waals surface area contributed by atoms with Crippen LogP contribution in [0.5, 0.6) is 5.75 Å². The van der Waals surface area contributed by atoms with Gasteiger partial charge < -0.3 is 10.4 Å². The number of phenolic OH excluding ortho intramolecular Hbond substituents is 1. The molecular formula is C17H17N3O2. The molecule has 0 saturated carbocycles. The number of imidazole rings is 1. The Bertz CT molecular complexity index is 881. The molecule has 0 fully saturated rings. The van der Waals surface area contributed by atoms with Gasteiger partial charge in [0.15, 0.2) is 0 Å². The predicted octanol–water partition coefficient (Wildman–Crippen LogP) is 3.22. The van der Waals surface area contributed by atoms with E-state index in [9.17, 15) is 9.90 Å². The van der Waals surface area contributed by atoms with Crippen molar-refractivity contribution >= 4 is 17.2 Å². The van der Waals surface area contributed by atoms with E-state index in [1.54, 1.807) is 23.5 Å². The van der Waals surface area contributed by atoms with Crippen molar-refractivity contribution in [2.75, 3.05) is 5.32 Å². The van der Waals surface area contributed by atoms with Crippen LogP contribution in [0.15, 0.2) is 36.5 Å². The highest BCUT2D eigenvalue weighted by Crippen LogP contribution is 2.25. The number of phenols is 1. The lowest BCUT2D eigenvalue weighted by Gasteiger charge is -2.08. The fourth-order valence-electron chi connectivity index (χ4n) is 2.47. The Morgan fingerprint density at radius 2 is 1.86 bits per heavy atom. The number of aromatic hydroxyl groups is 1. The van der Waals surface area contributed by atoms with Crippen LogP contribution in [0, 0.1) is 20.8 Å². The fraction of sp³-hybridized carbons (Fsp3) is 0.176. The number of pyridine rings is 1. The van der Waals surface area contributed by atoms with Gasteiger partial charge in [0.2, 0.25) is 0 Å². The quantitative estimate of drug-likeness (QED) is 0.713. The Hall–Kier alpha value is -2.82. The molecule has 0 aliphatic heterocycles. The SMILES string of the molecule is Cc1ccc(NC(=O)c2c(C)nc3cc(C)ccn23)c(O)c1. The summed E-state index contributed by atoms with van der Waals surface area (Å²) in [5, 5.41) is 12.7. The molecule has 0 radical (unpaired) electrons. The number of amides is 1. The van der Waals surface area contributed by atoms with Crippen molar-refractivity contribution in [2.24, 2.45) is 0 Å². The molecule has 0 aliphatic rings. The maximum atomic E-state index is 12.5. The second kappa shape index (κ2) is 5.18. The van der Waals surface area contributed by atoms with Gasteiger partial charge in [0, 0.05) is 6.20 Å². The highest BCUT2D eigenvalue weighted by atomic mass is 16.3. The Kier molecular flexibility index (Phi) is 3.33. The van der Waals surface area contributed by atoms with Crippen molar-refractivity contribution in [1.29, 1.82) is 0 Å². The molecule has 5 heteroatoms. The number of benzene rings is 1. The number of carbonyl (C=O) groups excluding carboxylic acids is 1. The predicted molar refractivity (Wildman–Crippen MR) is 85.5 cm³/mol. The van der Waals surface area contributed by atoms with Crippen LogP contribution in [0.2, 0.25) is 0 Å². The number of aromatic nitrogens is 2. The first-order valence-electron chi connectivity index (χ1n) is 7.02. The summed E-state index contributed by atoms with van der Waals surface area (Å²) < 4.78 is 1.75. The van der Waals surface area contributed by atoms with Gasteiger partial charge in [-0.2, -0.15) is 0 Å². The van der Waals surface area contributed by atoms with E-state index in [1.807, 2.05) is 38.2 Å². The summed E-state index contributed by atoms with van der Waals surface area (Å²) in [7, 11) is 0. The summed E-state index contributed by atoms with van der Waals surface area (Å²) in [6.45, 7) is 5.66. The smallest absolute Gasteiger partial charge is 0.274 e. The number of nitrogens with one attached hydrogen (secondary N) is 1. The number of rotatable bonds is 2. The molecule has 2 N–H and O–H groups in total. The minimum atomic E-state index is -0.298. The summed E-state index contributed by atoms with van der Waals surface area (Å²) >= 11 is 0. The maximum Gasteiger partial charge on any atom is 0.274 e. The molecule has 2 aromatic heterocycles. The van der Waals surface area contributed by atoms with E-state index < -0.39 is 0 Å². The highest BCUT2D eigenvalue weighted by Gasteiger charge is 2.17. The molecule has 0 bridgehead atoms. The lowest BCUT2D eigenvalue weighted by molar-refractivity contribution is 0.102. The maximum absolute atomic E-state index is 12.5. The molecule has 0 unspecified atom stereocenters. The summed E-state index contributed by atoms with van der Waals surface area (Å²) in [6, 6.07) is 8.98. The number of aryl methyl sites for hydroxylation is 3. The number of hydrogen-bond acceptors (Lipinski definition) is 3. The van der Waals surface area contributed by atoms with Gasteiger partial charge in [0.05, 0.1) is 11.4 Å². The Morgan fingerprint density at radius 3 is 2.59 bits per heavy atom. The molecule has 1 aromatic carbocycles. The Labute approximate surface area is 128 Å². The lowest BCUT2D eigenvalue weighted by Crippen LogP contribution is -2.15. The topological polar surface area (TPSA) is 66.6 Å². The number of anilines is 1. The largest absolute Gasteiger partial charge is 0.506 e. The zero-order valence-corrected chi connectivity index (χ0v) is 12.7. The van der Waals surface area contributed by atoms with Crippen LogP contribution >= 0.6 is 0 Å². The fourth-order valence-corrected chi connectivity index (χ4v) is 2.47. The molecule has 22 heavy (non-hydrogen) atoms. The molecule has 3 rings (SSSR count). The van der Waals surface area contributed by atoms with Crippen LogP contribution < -0.4 is 5.32 Å². The van der Waals surface area contributed by atoms with E-state index >= 15 is 0 Å². The highest BCUT2D eigenvalue weighted by molar-refractivity contribution is 6.05. The molecule has 0 saturated heterocycles. The molecule has 5 nitrogen and oxygen atoms in total. The van der Waals surface area contributed by atoms with Crippen LogP contribution in [-0.2, 0) is 0 Å². The molecule has 0 atom stereocenters. The van der Waals surface area contributed by atoms with Crippen LogP contribution in [0.1, 0.15) is 27.3 Å². The number of hydrogen-bond donors (Lipinski definition) is 2. The van der Waals surface area contributed by atoms with Gasteiger partial charge in [-0.05, 0) is 56.2 Å². The molecule has 0 aliphatic carbocycles. The zero-order valence-electron chi connectivity index (χ0n) is 12.7. The van der Waals surface area contributed by atoms with E-state index in [4.69, 9.17) is 0 Å². The summed E-state index contributed by atoms with van der Waals surface area (Å²) in [5.74, 6) is -0.247. The van der Waals surface area contributed by atoms with Crippen LogP contribution in [0.25, 0.3) is 5.65 Å². The van der Waals surface area contributed by atoms with Gasteiger partial charge in [-0.1, -0.05) is 6.07 Å². The van der Waals surface area contributed by atoms with Crippen LogP contribution in [-0.4, -0.2) is 20.4 Å². The third-order valence-electron chi connectivity index (χ3n) is 3.57. The normalized spacial score (nSPS) is 10.9. The van der Waals surface area contributed by atoms with Crippen molar-refractivity contribution in [3.8, 4) is 5.75 Å². The first kappa shape index (κ1) is 14.1. The third kappa shape index (κ3) is 2.41. The van der Waals surface area contributed by atoms with E-state index in [-0.39, 0.29) is 11.7 Å². The standard InChI is InChI=1S/C17H17N3O2/c1-10-4-5-13(14(21)8-10)19-17(22)16-12(3)18-15-9-11(2)6-7-20(15)16/h4-9,21H,1-3H3,(H,19,22). The molecular weight excluding hydrogens is 278 g/mol. The molecule has 1 amide bonds. The lowest BCUT2D eigenvalue weighted by atomic mass is 10.2. The van der Waals surface area contributed by atoms with Crippen molar-refractivity contribution < 1.29 is 9.90 Å². The zero-order chi connectivity index (χ0) is 15.9. The first-order valence-corrected chi connectivity index (χ1v) is 7.02. The van der Waals surface area contributed by atoms with Gasteiger partial charge in [-0.15, -0.1) is 0 Å². The van der Waals surface area contributed by atoms with Gasteiger partial charge in [-0.25, -0.2) is 4.98 Å². The Morgan fingerprint density at radius 1 is 1.14 bits per heavy atom. The minimum Gasteiger partial charge on any atom is -0.506 e. The van der Waals surface area contributed by atoms with Crippen molar-refractivity contribution in [1.82, 2.24) is 9.38 Å². The van der Waals surface area contributed by atoms with Crippen molar-refractivity contribution in [3.63, 3.8) is 0 Å². The van der Waals surface area contributed by atoms with E-state index in [0.29, 0.717) is 17.1 Å². The monoisotopic (exact) mass is 295 g/mol. The minimum absolute atomic E-state index is 0.0515. The van der Waals surface area contributed by atoms with Gasteiger partial charge >= 0.3 is 0 Å². The van der Waals surface area contributed by atoms with Crippen LogP contribution in [0.3, 0.4) is 0 Å². The average Bonchev–Trinajstić information content (AvgIpc) is 2.76. The van der Waals surface area contributed by atoms with Gasteiger partial charge in [0.1, 0.15) is 17.1 Å². The molecule has 112 valence electrons. The first-order chi connectivity index (χ1) is 10.5. The third-order valence-corrected chi connectivity index (χ3v) is 3.57. The molecule has 3 aromatic rings. The van der Waals surface area contributed by atoms with E-state index in [1.165, 1.54) is 0 Å². The summed E-state index contributed by atoms with van der Waals surface area (Å²) in [4.78, 5) is 17.0. The number of nitrogens with zero attached hydrogens (tertiary/aromatic N) is 2. The van der Waals surface area contributed by atoms with E-state index in [2.05, 4.69) is 10.3 Å². The number of fused-ring (bicyclic) bond motifs is 1. The summed E-state index contributed by atoms with van der Waals surface area (Å²) in [6.07, 6.45) is 1.83. The molecule has 0 spiro atoms. The second-order valence-electron chi connectivity index (χ2n) is 5.45. The average molecular weight is 295 g/mol. The van der Waals surface area contributed by atoms with Gasteiger partial charge in [-0.3, -0.25) is 9.20 Å². The van der Waals surface area contributed by atoms with Gasteiger partial charge in [0.25, 0.3) is 5.91 Å². The van der Waals surface area contributed by atoms with Crippen LogP contribution in [0.4, 0.5) is 5.69 Å². The summed E-state index contributed by atoms with van der Waals surface area (Å²) in [5.41, 5.74) is 4.25. The number of carbonyl (C=O) groups is 1. The second-order valence-corrected chi connectivity index (χ2v) is 5.45. The van der Waals surface area contributed by atoms with E-state index in [0.717, 1.165) is 16.8 Å². The van der Waals surface area contributed by atoms with Crippen molar-refractivity contribution in [2.45, 2.75) is 20.8 Å². The molecule has 2 heterocycles. The Balaban J connectivity index is 2.00. The van der Waals surface area contributed by atoms with Crippen molar-refractivity contribution in [3.05, 3.63) is 59.0 Å².